The molecule has 1 aromatic carbocycles. The summed E-state index contributed by atoms with van der Waals surface area (Å²) in [5.41, 5.74) is 1.21. The Morgan fingerprint density at radius 3 is 2.65 bits per heavy atom. The van der Waals surface area contributed by atoms with E-state index < -0.39 is 0 Å². The van der Waals surface area contributed by atoms with Gasteiger partial charge >= 0.3 is 6.09 Å². The second-order valence-electron chi connectivity index (χ2n) is 5.59. The molecular formula is C15H21N3O2. The standard InChI is InChI=1S/C15H21N3O2/c19-14(20-10-13-4-2-1-3-5-13)18-8-6-15(7-9-18)11-16-12-17-15/h1-5,16-17H,6-12H2. The zero-order valence-corrected chi connectivity index (χ0v) is 11.6. The fourth-order valence-electron chi connectivity index (χ4n) is 2.90. The van der Waals surface area contributed by atoms with Crippen LogP contribution in [0.25, 0.3) is 0 Å². The number of rotatable bonds is 2. The molecule has 2 saturated heterocycles. The van der Waals surface area contributed by atoms with E-state index in [1.165, 1.54) is 0 Å². The number of nitrogens with one attached hydrogen (secondary N) is 2. The Balaban J connectivity index is 1.47. The molecule has 2 N–H and O–H groups in total. The van der Waals surface area contributed by atoms with Crippen molar-refractivity contribution in [3.63, 3.8) is 0 Å². The molecule has 1 amide bonds. The van der Waals surface area contributed by atoms with Crippen molar-refractivity contribution in [2.45, 2.75) is 25.0 Å². The number of carbonyl (C=O) groups is 1. The summed E-state index contributed by atoms with van der Waals surface area (Å²) in [5, 5.41) is 6.83. The van der Waals surface area contributed by atoms with Crippen LogP contribution in [0.3, 0.4) is 0 Å². The van der Waals surface area contributed by atoms with Gasteiger partial charge in [0.1, 0.15) is 6.61 Å². The van der Waals surface area contributed by atoms with Crippen LogP contribution in [0, 0.1) is 0 Å². The highest BCUT2D eigenvalue weighted by atomic mass is 16.6. The number of hydrogen-bond donors (Lipinski definition) is 2. The quantitative estimate of drug-likeness (QED) is 0.854. The number of benzene rings is 1. The predicted molar refractivity (Wildman–Crippen MR) is 76.2 cm³/mol. The highest BCUT2D eigenvalue weighted by Gasteiger charge is 2.38. The smallest absolute Gasteiger partial charge is 0.410 e. The fraction of sp³-hybridized carbons (Fsp3) is 0.533. The molecule has 20 heavy (non-hydrogen) atoms. The minimum Gasteiger partial charge on any atom is -0.445 e. The number of ether oxygens (including phenoxy) is 1. The Morgan fingerprint density at radius 1 is 1.25 bits per heavy atom. The molecule has 2 fully saturated rings. The van der Waals surface area contributed by atoms with E-state index in [0.29, 0.717) is 6.61 Å². The van der Waals surface area contributed by atoms with Gasteiger partial charge in [0.25, 0.3) is 0 Å². The van der Waals surface area contributed by atoms with Crippen LogP contribution in [0.15, 0.2) is 30.3 Å². The van der Waals surface area contributed by atoms with Crippen LogP contribution >= 0.6 is 0 Å². The van der Waals surface area contributed by atoms with Crippen molar-refractivity contribution in [2.24, 2.45) is 0 Å². The Bertz CT molecular complexity index is 447. The first-order valence-electron chi connectivity index (χ1n) is 7.19. The molecule has 2 aliphatic heterocycles. The second-order valence-corrected chi connectivity index (χ2v) is 5.59. The third-order valence-corrected chi connectivity index (χ3v) is 4.24. The summed E-state index contributed by atoms with van der Waals surface area (Å²) in [6.45, 7) is 3.75. The van der Waals surface area contributed by atoms with Crippen molar-refractivity contribution < 1.29 is 9.53 Å². The summed E-state index contributed by atoms with van der Waals surface area (Å²) in [4.78, 5) is 13.9. The Hall–Kier alpha value is -1.59. The molecule has 5 nitrogen and oxygen atoms in total. The largest absolute Gasteiger partial charge is 0.445 e. The van der Waals surface area contributed by atoms with Crippen LogP contribution in [0.1, 0.15) is 18.4 Å². The van der Waals surface area contributed by atoms with Gasteiger partial charge in [-0.05, 0) is 18.4 Å². The normalized spacial score (nSPS) is 21.1. The molecule has 3 rings (SSSR count). The summed E-state index contributed by atoms with van der Waals surface area (Å²) in [7, 11) is 0. The van der Waals surface area contributed by atoms with Gasteiger partial charge in [0.05, 0.1) is 0 Å². The molecule has 5 heteroatoms. The molecule has 0 saturated carbocycles. The zero-order chi connectivity index (χ0) is 13.8. The van der Waals surface area contributed by atoms with E-state index in [0.717, 1.165) is 44.7 Å². The summed E-state index contributed by atoms with van der Waals surface area (Å²) in [6.07, 6.45) is 1.77. The van der Waals surface area contributed by atoms with E-state index in [2.05, 4.69) is 10.6 Å². The van der Waals surface area contributed by atoms with Crippen molar-refractivity contribution in [1.82, 2.24) is 15.5 Å². The maximum atomic E-state index is 12.0. The predicted octanol–water partition coefficient (Wildman–Crippen LogP) is 1.31. The van der Waals surface area contributed by atoms with Gasteiger partial charge in [0.15, 0.2) is 0 Å². The molecule has 1 aromatic rings. The van der Waals surface area contributed by atoms with Crippen molar-refractivity contribution in [3.05, 3.63) is 35.9 Å². The molecule has 1 spiro atoms. The van der Waals surface area contributed by atoms with Crippen LogP contribution in [0.5, 0.6) is 0 Å². The van der Waals surface area contributed by atoms with Gasteiger partial charge < -0.3 is 15.0 Å². The number of hydrogen-bond acceptors (Lipinski definition) is 4. The average Bonchev–Trinajstić information content (AvgIpc) is 2.95. The van der Waals surface area contributed by atoms with Gasteiger partial charge in [-0.15, -0.1) is 0 Å². The van der Waals surface area contributed by atoms with Crippen LogP contribution in [0.4, 0.5) is 4.79 Å². The Kier molecular flexibility index (Phi) is 3.89. The van der Waals surface area contributed by atoms with E-state index in [4.69, 9.17) is 4.74 Å². The van der Waals surface area contributed by atoms with Gasteiger partial charge in [0.2, 0.25) is 0 Å². The van der Waals surface area contributed by atoms with Crippen molar-refractivity contribution in [3.8, 4) is 0 Å². The van der Waals surface area contributed by atoms with E-state index in [-0.39, 0.29) is 11.6 Å². The van der Waals surface area contributed by atoms with E-state index in [1.807, 2.05) is 35.2 Å². The van der Waals surface area contributed by atoms with Gasteiger partial charge in [-0.2, -0.15) is 0 Å². The molecule has 0 aliphatic carbocycles. The van der Waals surface area contributed by atoms with Gasteiger partial charge in [0, 0.05) is 31.8 Å². The first-order chi connectivity index (χ1) is 9.77. The first kappa shape index (κ1) is 13.4. The van der Waals surface area contributed by atoms with Crippen LogP contribution in [-0.4, -0.2) is 42.8 Å². The van der Waals surface area contributed by atoms with Gasteiger partial charge in [-0.1, -0.05) is 30.3 Å². The SMILES string of the molecule is O=C(OCc1ccccc1)N1CCC2(CC1)CNCN2. The lowest BCUT2D eigenvalue weighted by Crippen LogP contribution is -2.53. The summed E-state index contributed by atoms with van der Waals surface area (Å²) >= 11 is 0. The molecule has 108 valence electrons. The number of carbonyl (C=O) groups excluding carboxylic acids is 1. The summed E-state index contributed by atoms with van der Waals surface area (Å²) in [6, 6.07) is 9.79. The van der Waals surface area contributed by atoms with Gasteiger partial charge in [-0.3, -0.25) is 5.32 Å². The Labute approximate surface area is 119 Å². The topological polar surface area (TPSA) is 53.6 Å². The lowest BCUT2D eigenvalue weighted by Gasteiger charge is -2.38. The van der Waals surface area contributed by atoms with Gasteiger partial charge in [-0.25, -0.2) is 4.79 Å². The minimum absolute atomic E-state index is 0.191. The third kappa shape index (κ3) is 2.94. The number of likely N-dealkylation sites (tertiary alicyclic amines) is 1. The van der Waals surface area contributed by atoms with Crippen LogP contribution in [-0.2, 0) is 11.3 Å². The highest BCUT2D eigenvalue weighted by molar-refractivity contribution is 5.67. The molecule has 2 heterocycles. The Morgan fingerprint density at radius 2 is 2.00 bits per heavy atom. The number of nitrogens with zero attached hydrogens (tertiary/aromatic N) is 1. The first-order valence-corrected chi connectivity index (χ1v) is 7.19. The molecule has 2 aliphatic rings. The van der Waals surface area contributed by atoms with Crippen LogP contribution in [0.2, 0.25) is 0 Å². The molecular weight excluding hydrogens is 254 g/mol. The van der Waals surface area contributed by atoms with E-state index >= 15 is 0 Å². The monoisotopic (exact) mass is 275 g/mol. The highest BCUT2D eigenvalue weighted by Crippen LogP contribution is 2.24. The van der Waals surface area contributed by atoms with Crippen molar-refractivity contribution >= 4 is 6.09 Å². The fourth-order valence-corrected chi connectivity index (χ4v) is 2.90. The van der Waals surface area contributed by atoms with Crippen molar-refractivity contribution in [2.75, 3.05) is 26.3 Å². The summed E-state index contributed by atoms with van der Waals surface area (Å²) < 4.78 is 5.37. The van der Waals surface area contributed by atoms with E-state index in [9.17, 15) is 4.79 Å². The lowest BCUT2D eigenvalue weighted by atomic mass is 9.89. The van der Waals surface area contributed by atoms with E-state index in [1.54, 1.807) is 0 Å². The molecule has 0 aromatic heterocycles. The maximum Gasteiger partial charge on any atom is 0.410 e. The van der Waals surface area contributed by atoms with Crippen molar-refractivity contribution in [1.29, 1.82) is 0 Å². The molecule has 0 atom stereocenters. The van der Waals surface area contributed by atoms with Crippen LogP contribution < -0.4 is 10.6 Å². The zero-order valence-electron chi connectivity index (χ0n) is 11.6. The number of amides is 1. The lowest BCUT2D eigenvalue weighted by molar-refractivity contribution is 0.0770. The number of piperidine rings is 1. The molecule has 0 unspecified atom stereocenters. The average molecular weight is 275 g/mol. The molecule has 0 radical (unpaired) electrons. The third-order valence-electron chi connectivity index (χ3n) is 4.24. The minimum atomic E-state index is -0.199. The maximum absolute atomic E-state index is 12.0. The summed E-state index contributed by atoms with van der Waals surface area (Å²) in [5.74, 6) is 0. The second kappa shape index (κ2) is 5.81. The molecule has 0 bridgehead atoms.